The highest BCUT2D eigenvalue weighted by Gasteiger charge is 2.19. The van der Waals surface area contributed by atoms with Crippen molar-refractivity contribution in [2.75, 3.05) is 0 Å². The second kappa shape index (κ2) is 8.33. The largest absolute Gasteiger partial charge is 0.459 e. The van der Waals surface area contributed by atoms with E-state index >= 15 is 0 Å². The second-order valence-corrected chi connectivity index (χ2v) is 6.30. The molecule has 2 aromatic carbocycles. The van der Waals surface area contributed by atoms with Gasteiger partial charge in [-0.25, -0.2) is 9.37 Å². The number of halogens is 3. The average molecular weight is 407 g/mol. The highest BCUT2D eigenvalue weighted by molar-refractivity contribution is 6.33. The first kappa shape index (κ1) is 19.1. The number of carbonyl (C=O) groups is 1. The van der Waals surface area contributed by atoms with Gasteiger partial charge < -0.3 is 4.74 Å². The second-order valence-electron chi connectivity index (χ2n) is 5.59. The third-order valence-corrected chi connectivity index (χ3v) is 4.24. The van der Waals surface area contributed by atoms with Crippen molar-refractivity contribution in [2.24, 2.45) is 0 Å². The molecule has 5 nitrogen and oxygen atoms in total. The number of hydrogen-bond donors (Lipinski definition) is 0. The first-order chi connectivity index (χ1) is 13.0. The van der Waals surface area contributed by atoms with Crippen molar-refractivity contribution < 1.29 is 13.9 Å². The highest BCUT2D eigenvalue weighted by Crippen LogP contribution is 2.26. The van der Waals surface area contributed by atoms with Crippen LogP contribution in [0.15, 0.2) is 59.4 Å². The van der Waals surface area contributed by atoms with Crippen LogP contribution in [0.4, 0.5) is 4.39 Å². The van der Waals surface area contributed by atoms with E-state index in [0.717, 1.165) is 10.1 Å². The molecule has 0 N–H and O–H groups in total. The van der Waals surface area contributed by atoms with Gasteiger partial charge in [-0.2, -0.15) is 0 Å². The lowest BCUT2D eigenvalue weighted by molar-refractivity contribution is -0.145. The van der Waals surface area contributed by atoms with Gasteiger partial charge in [-0.05, 0) is 29.8 Å². The van der Waals surface area contributed by atoms with Gasteiger partial charge in [0.25, 0.3) is 5.56 Å². The lowest BCUT2D eigenvalue weighted by atomic mass is 10.1. The Kier molecular flexibility index (Phi) is 5.88. The van der Waals surface area contributed by atoms with E-state index in [-0.39, 0.29) is 22.6 Å². The Bertz CT molecular complexity index is 1020. The number of benzene rings is 2. The maximum absolute atomic E-state index is 13.2. The summed E-state index contributed by atoms with van der Waals surface area (Å²) < 4.78 is 19.5. The minimum atomic E-state index is -0.697. The van der Waals surface area contributed by atoms with Crippen molar-refractivity contribution in [2.45, 2.75) is 13.2 Å². The number of rotatable bonds is 5. The summed E-state index contributed by atoms with van der Waals surface area (Å²) in [4.78, 5) is 28.5. The van der Waals surface area contributed by atoms with Gasteiger partial charge in [0.15, 0.2) is 10.3 Å². The first-order valence-corrected chi connectivity index (χ1v) is 8.62. The van der Waals surface area contributed by atoms with E-state index in [0.29, 0.717) is 5.56 Å². The number of nitrogens with zero attached hydrogens (tertiary/aromatic N) is 2. The fourth-order valence-electron chi connectivity index (χ4n) is 2.46. The van der Waals surface area contributed by atoms with E-state index in [4.69, 9.17) is 27.9 Å². The minimum Gasteiger partial charge on any atom is -0.459 e. The van der Waals surface area contributed by atoms with E-state index in [1.54, 1.807) is 0 Å². The van der Waals surface area contributed by atoms with Crippen LogP contribution in [0.5, 0.6) is 0 Å². The number of esters is 1. The third-order valence-electron chi connectivity index (χ3n) is 3.73. The summed E-state index contributed by atoms with van der Waals surface area (Å²) in [5.74, 6) is -1.10. The normalized spacial score (nSPS) is 10.6. The van der Waals surface area contributed by atoms with Gasteiger partial charge in [-0.3, -0.25) is 14.2 Å². The molecule has 3 rings (SSSR count). The molecule has 1 aromatic heterocycles. The molecule has 1 heterocycles. The van der Waals surface area contributed by atoms with Gasteiger partial charge in [0, 0.05) is 5.56 Å². The van der Waals surface area contributed by atoms with E-state index in [9.17, 15) is 14.0 Å². The van der Waals surface area contributed by atoms with Crippen LogP contribution < -0.4 is 5.56 Å². The van der Waals surface area contributed by atoms with Crippen molar-refractivity contribution in [1.82, 2.24) is 9.55 Å². The van der Waals surface area contributed by atoms with Crippen LogP contribution in [-0.2, 0) is 22.7 Å². The molecule has 0 aliphatic rings. The van der Waals surface area contributed by atoms with E-state index in [2.05, 4.69) is 4.98 Å². The predicted octanol–water partition coefficient (Wildman–Crippen LogP) is 4.10. The zero-order valence-electron chi connectivity index (χ0n) is 13.9. The van der Waals surface area contributed by atoms with Crippen LogP contribution in [0.3, 0.4) is 0 Å². The van der Waals surface area contributed by atoms with Crippen LogP contribution in [0.25, 0.3) is 11.3 Å². The summed E-state index contributed by atoms with van der Waals surface area (Å²) in [5.41, 5.74) is 0.682. The Morgan fingerprint density at radius 3 is 2.37 bits per heavy atom. The topological polar surface area (TPSA) is 61.2 Å². The number of carbonyl (C=O) groups excluding carboxylic acids is 1. The van der Waals surface area contributed by atoms with Crippen LogP contribution in [0.1, 0.15) is 5.56 Å². The Labute approximate surface area is 163 Å². The lowest BCUT2D eigenvalue weighted by Crippen LogP contribution is -2.28. The summed E-state index contributed by atoms with van der Waals surface area (Å²) in [7, 11) is 0. The molecule has 0 aliphatic carbocycles. The Morgan fingerprint density at radius 2 is 1.70 bits per heavy atom. The van der Waals surface area contributed by atoms with Gasteiger partial charge in [0.05, 0.1) is 5.69 Å². The Morgan fingerprint density at radius 1 is 1.04 bits per heavy atom. The first-order valence-electron chi connectivity index (χ1n) is 7.87. The van der Waals surface area contributed by atoms with Gasteiger partial charge in [0.2, 0.25) is 0 Å². The SMILES string of the molecule is O=C(Cn1c(-c2ccc(F)cc2)c(Cl)nc(Cl)c1=O)OCc1ccccc1. The molecule has 27 heavy (non-hydrogen) atoms. The molecule has 0 fully saturated rings. The highest BCUT2D eigenvalue weighted by atomic mass is 35.5. The summed E-state index contributed by atoms with van der Waals surface area (Å²) >= 11 is 12.0. The third kappa shape index (κ3) is 4.53. The Hall–Kier alpha value is -2.70. The molecule has 0 bridgehead atoms. The standard InChI is InChI=1S/C19H13Cl2FN2O3/c20-17-16(13-6-8-14(22)9-7-13)24(19(26)18(21)23-17)10-15(25)27-11-12-4-2-1-3-5-12/h1-9H,10-11H2. The smallest absolute Gasteiger partial charge is 0.326 e. The summed E-state index contributed by atoms with van der Waals surface area (Å²) in [6.07, 6.45) is 0. The van der Waals surface area contributed by atoms with Crippen LogP contribution >= 0.6 is 23.2 Å². The number of ether oxygens (including phenoxy) is 1. The molecule has 0 unspecified atom stereocenters. The van der Waals surface area contributed by atoms with Crippen LogP contribution in [0.2, 0.25) is 10.3 Å². The molecular formula is C19H13Cl2FN2O3. The van der Waals surface area contributed by atoms with E-state index in [1.807, 2.05) is 30.3 Å². The van der Waals surface area contributed by atoms with E-state index < -0.39 is 23.9 Å². The molecule has 3 aromatic rings. The van der Waals surface area contributed by atoms with Gasteiger partial charge in [-0.15, -0.1) is 0 Å². The summed E-state index contributed by atoms with van der Waals surface area (Å²) in [6, 6.07) is 14.4. The van der Waals surface area contributed by atoms with Crippen molar-refractivity contribution in [3.8, 4) is 11.3 Å². The van der Waals surface area contributed by atoms with Crippen molar-refractivity contribution in [3.05, 3.63) is 86.6 Å². The van der Waals surface area contributed by atoms with Gasteiger partial charge in [-0.1, -0.05) is 53.5 Å². The van der Waals surface area contributed by atoms with Crippen molar-refractivity contribution in [3.63, 3.8) is 0 Å². The molecule has 138 valence electrons. The molecule has 0 saturated carbocycles. The molecule has 8 heteroatoms. The van der Waals surface area contributed by atoms with Crippen LogP contribution in [-0.4, -0.2) is 15.5 Å². The quantitative estimate of drug-likeness (QED) is 0.598. The fraction of sp³-hybridized carbons (Fsp3) is 0.105. The molecule has 0 aliphatic heterocycles. The average Bonchev–Trinajstić information content (AvgIpc) is 2.66. The molecule has 0 spiro atoms. The molecule has 0 atom stereocenters. The molecule has 0 amide bonds. The number of hydrogen-bond acceptors (Lipinski definition) is 4. The number of aromatic nitrogens is 2. The molecule has 0 saturated heterocycles. The van der Waals surface area contributed by atoms with Gasteiger partial charge in [0.1, 0.15) is 19.0 Å². The monoisotopic (exact) mass is 406 g/mol. The molecule has 0 radical (unpaired) electrons. The van der Waals surface area contributed by atoms with Gasteiger partial charge >= 0.3 is 5.97 Å². The zero-order valence-corrected chi connectivity index (χ0v) is 15.4. The van der Waals surface area contributed by atoms with Crippen molar-refractivity contribution in [1.29, 1.82) is 0 Å². The summed E-state index contributed by atoms with van der Waals surface area (Å²) in [6.45, 7) is -0.354. The molecular weight excluding hydrogens is 394 g/mol. The maximum atomic E-state index is 13.2. The van der Waals surface area contributed by atoms with Crippen LogP contribution in [0, 0.1) is 5.82 Å². The van der Waals surface area contributed by atoms with E-state index in [1.165, 1.54) is 24.3 Å². The summed E-state index contributed by atoms with van der Waals surface area (Å²) in [5, 5.41) is -0.455. The fourth-order valence-corrected chi connectivity index (χ4v) is 2.98. The van der Waals surface area contributed by atoms with Crippen molar-refractivity contribution >= 4 is 29.2 Å². The maximum Gasteiger partial charge on any atom is 0.326 e. The minimum absolute atomic E-state index is 0.0624. The zero-order chi connectivity index (χ0) is 19.4. The lowest BCUT2D eigenvalue weighted by Gasteiger charge is -2.14. The Balaban J connectivity index is 1.90. The predicted molar refractivity (Wildman–Crippen MR) is 100 cm³/mol.